The van der Waals surface area contributed by atoms with Gasteiger partial charge in [-0.15, -0.1) is 0 Å². The Bertz CT molecular complexity index is 1270. The van der Waals surface area contributed by atoms with Crippen LogP contribution in [-0.4, -0.2) is 28.8 Å². The first-order chi connectivity index (χ1) is 17.6. The van der Waals surface area contributed by atoms with Gasteiger partial charge in [-0.05, 0) is 81.0 Å². The van der Waals surface area contributed by atoms with E-state index in [1.54, 1.807) is 0 Å². The summed E-state index contributed by atoms with van der Waals surface area (Å²) in [6, 6.07) is 27.7. The van der Waals surface area contributed by atoms with Gasteiger partial charge in [-0.3, -0.25) is 0 Å². The Morgan fingerprint density at radius 2 is 1.43 bits per heavy atom. The summed E-state index contributed by atoms with van der Waals surface area (Å²) in [5, 5.41) is 2.63. The SMILES string of the molecule is CC1(C)Oc2cccc(O[Si](C)(C)c3ccccc3)c2[C@@H]2C=C(CO[Si](C)(C)c3ccccc3)CC[C@H]21. The van der Waals surface area contributed by atoms with Gasteiger partial charge in [0.25, 0.3) is 8.32 Å². The molecule has 0 bridgehead atoms. The summed E-state index contributed by atoms with van der Waals surface area (Å²) in [5.41, 5.74) is 2.37. The highest BCUT2D eigenvalue weighted by Crippen LogP contribution is 2.53. The van der Waals surface area contributed by atoms with Gasteiger partial charge in [0.2, 0.25) is 8.32 Å². The standard InChI is InChI=1S/C32H40O3Si2/c1-32(2)28-21-20-24(23-33-36(3,4)25-14-9-7-10-15-25)22-27(28)31-29(34-32)18-13-19-30(31)35-37(5,6)26-16-11-8-12-17-26/h7-19,22,27-28H,20-21,23H2,1-6H3/t27-,28-/m1/s1. The average Bonchev–Trinajstić information content (AvgIpc) is 2.88. The van der Waals surface area contributed by atoms with Crippen LogP contribution in [0.3, 0.4) is 0 Å². The summed E-state index contributed by atoms with van der Waals surface area (Å²) in [7, 11) is -4.13. The predicted molar refractivity (Wildman–Crippen MR) is 158 cm³/mol. The molecule has 37 heavy (non-hydrogen) atoms. The highest BCUT2D eigenvalue weighted by Gasteiger charge is 2.46. The smallest absolute Gasteiger partial charge is 0.276 e. The van der Waals surface area contributed by atoms with E-state index in [9.17, 15) is 0 Å². The molecule has 5 heteroatoms. The molecule has 1 aliphatic carbocycles. The van der Waals surface area contributed by atoms with Crippen LogP contribution in [0.15, 0.2) is 90.5 Å². The first-order valence-corrected chi connectivity index (χ1v) is 19.3. The van der Waals surface area contributed by atoms with Crippen molar-refractivity contribution in [3.63, 3.8) is 0 Å². The van der Waals surface area contributed by atoms with E-state index in [4.69, 9.17) is 13.6 Å². The van der Waals surface area contributed by atoms with Crippen molar-refractivity contribution in [2.45, 2.75) is 64.4 Å². The Labute approximate surface area is 224 Å². The lowest BCUT2D eigenvalue weighted by Gasteiger charge is -2.47. The Balaban J connectivity index is 1.46. The lowest BCUT2D eigenvalue weighted by molar-refractivity contribution is 0.0105. The van der Waals surface area contributed by atoms with Gasteiger partial charge in [-0.1, -0.05) is 72.8 Å². The van der Waals surface area contributed by atoms with Gasteiger partial charge in [-0.25, -0.2) is 0 Å². The zero-order valence-corrected chi connectivity index (χ0v) is 25.1. The Morgan fingerprint density at radius 3 is 2.08 bits per heavy atom. The van der Waals surface area contributed by atoms with Crippen LogP contribution in [0, 0.1) is 5.92 Å². The lowest BCUT2D eigenvalue weighted by Crippen LogP contribution is -2.49. The topological polar surface area (TPSA) is 27.7 Å². The molecular formula is C32H40O3Si2. The van der Waals surface area contributed by atoms with Crippen molar-refractivity contribution in [3.8, 4) is 11.5 Å². The predicted octanol–water partition coefficient (Wildman–Crippen LogP) is 6.90. The fraction of sp³-hybridized carbons (Fsp3) is 0.375. The Kier molecular flexibility index (Phi) is 6.99. The molecule has 0 unspecified atom stereocenters. The molecule has 0 spiro atoms. The third-order valence-electron chi connectivity index (χ3n) is 8.17. The highest BCUT2D eigenvalue weighted by atomic mass is 28.4. The summed E-state index contributed by atoms with van der Waals surface area (Å²) in [5.74, 6) is 2.58. The molecule has 1 heterocycles. The average molecular weight is 529 g/mol. The van der Waals surface area contributed by atoms with Gasteiger partial charge in [-0.2, -0.15) is 0 Å². The summed E-state index contributed by atoms with van der Waals surface area (Å²) >= 11 is 0. The number of rotatable bonds is 7. The Hall–Kier alpha value is -2.61. The summed E-state index contributed by atoms with van der Waals surface area (Å²) in [4.78, 5) is 0. The minimum absolute atomic E-state index is 0.233. The molecule has 194 valence electrons. The molecule has 0 aromatic heterocycles. The number of hydrogen-bond donors (Lipinski definition) is 0. The van der Waals surface area contributed by atoms with Crippen molar-refractivity contribution in [2.75, 3.05) is 6.61 Å². The van der Waals surface area contributed by atoms with E-state index < -0.39 is 16.6 Å². The summed E-state index contributed by atoms with van der Waals surface area (Å²) < 4.78 is 20.2. The molecule has 0 N–H and O–H groups in total. The van der Waals surface area contributed by atoms with E-state index in [0.717, 1.165) is 24.3 Å². The monoisotopic (exact) mass is 528 g/mol. The van der Waals surface area contributed by atoms with Crippen LogP contribution in [0.4, 0.5) is 0 Å². The van der Waals surface area contributed by atoms with E-state index in [0.29, 0.717) is 12.5 Å². The number of benzene rings is 3. The van der Waals surface area contributed by atoms with Crippen LogP contribution < -0.4 is 19.5 Å². The largest absolute Gasteiger partial charge is 0.539 e. The molecule has 0 fully saturated rings. The van der Waals surface area contributed by atoms with Crippen molar-refractivity contribution < 1.29 is 13.6 Å². The maximum atomic E-state index is 6.92. The van der Waals surface area contributed by atoms with Gasteiger partial charge < -0.3 is 13.6 Å². The van der Waals surface area contributed by atoms with Crippen LogP contribution in [-0.2, 0) is 4.43 Å². The first-order valence-electron chi connectivity index (χ1n) is 13.5. The van der Waals surface area contributed by atoms with E-state index in [-0.39, 0.29) is 11.5 Å². The second kappa shape index (κ2) is 9.93. The molecule has 0 amide bonds. The second-order valence-electron chi connectivity index (χ2n) is 12.0. The number of ether oxygens (including phenoxy) is 1. The summed E-state index contributed by atoms with van der Waals surface area (Å²) in [6.07, 6.45) is 4.62. The van der Waals surface area contributed by atoms with Crippen LogP contribution in [0.2, 0.25) is 26.2 Å². The summed E-state index contributed by atoms with van der Waals surface area (Å²) in [6.45, 7) is 14.3. The van der Waals surface area contributed by atoms with E-state index in [1.165, 1.54) is 21.5 Å². The number of fused-ring (bicyclic) bond motifs is 3. The third-order valence-corrected chi connectivity index (χ3v) is 13.2. The molecule has 5 rings (SSSR count). The van der Waals surface area contributed by atoms with Gasteiger partial charge in [0.1, 0.15) is 17.1 Å². The van der Waals surface area contributed by atoms with Gasteiger partial charge in [0, 0.05) is 17.4 Å². The van der Waals surface area contributed by atoms with Gasteiger partial charge in [0.15, 0.2) is 0 Å². The van der Waals surface area contributed by atoms with Crippen LogP contribution >= 0.6 is 0 Å². The van der Waals surface area contributed by atoms with E-state index in [2.05, 4.69) is 125 Å². The molecule has 3 aromatic carbocycles. The molecule has 0 saturated heterocycles. The fourth-order valence-electron chi connectivity index (χ4n) is 5.92. The van der Waals surface area contributed by atoms with Crippen molar-refractivity contribution in [1.29, 1.82) is 0 Å². The van der Waals surface area contributed by atoms with Gasteiger partial charge >= 0.3 is 0 Å². The minimum atomic E-state index is -2.16. The van der Waals surface area contributed by atoms with Crippen molar-refractivity contribution in [3.05, 3.63) is 96.1 Å². The second-order valence-corrected chi connectivity index (χ2v) is 19.7. The van der Waals surface area contributed by atoms with Crippen molar-refractivity contribution >= 4 is 27.0 Å². The molecular weight excluding hydrogens is 489 g/mol. The maximum Gasteiger partial charge on any atom is 0.276 e. The lowest BCUT2D eigenvalue weighted by atomic mass is 9.68. The fourth-order valence-corrected chi connectivity index (χ4v) is 9.47. The number of hydrogen-bond acceptors (Lipinski definition) is 3. The first kappa shape index (κ1) is 26.0. The van der Waals surface area contributed by atoms with Crippen molar-refractivity contribution in [2.24, 2.45) is 5.92 Å². The molecule has 0 radical (unpaired) electrons. The van der Waals surface area contributed by atoms with Crippen LogP contribution in [0.5, 0.6) is 11.5 Å². The van der Waals surface area contributed by atoms with E-state index in [1.807, 2.05) is 0 Å². The number of allylic oxidation sites excluding steroid dienone is 1. The zero-order valence-electron chi connectivity index (χ0n) is 23.1. The van der Waals surface area contributed by atoms with Gasteiger partial charge in [0.05, 0.1) is 6.61 Å². The molecule has 3 nitrogen and oxygen atoms in total. The molecule has 2 atom stereocenters. The maximum absolute atomic E-state index is 6.92. The van der Waals surface area contributed by atoms with E-state index >= 15 is 0 Å². The molecule has 0 saturated carbocycles. The Morgan fingerprint density at radius 1 is 0.811 bits per heavy atom. The van der Waals surface area contributed by atoms with Crippen LogP contribution in [0.25, 0.3) is 0 Å². The minimum Gasteiger partial charge on any atom is -0.539 e. The molecule has 3 aromatic rings. The third kappa shape index (κ3) is 5.36. The zero-order chi connectivity index (χ0) is 26.3. The normalized spacial score (nSPS) is 20.8. The highest BCUT2D eigenvalue weighted by molar-refractivity contribution is 6.85. The van der Waals surface area contributed by atoms with Crippen molar-refractivity contribution in [1.82, 2.24) is 0 Å². The molecule has 2 aliphatic rings. The molecule has 1 aliphatic heterocycles. The quantitative estimate of drug-likeness (QED) is 0.247. The van der Waals surface area contributed by atoms with Crippen LogP contribution in [0.1, 0.15) is 38.2 Å².